The van der Waals surface area contributed by atoms with E-state index in [-0.39, 0.29) is 35.7 Å². The highest BCUT2D eigenvalue weighted by Crippen LogP contribution is 2.28. The molecule has 0 bridgehead atoms. The third-order valence-electron chi connectivity index (χ3n) is 7.06. The Bertz CT molecular complexity index is 1490. The minimum absolute atomic E-state index is 0.00202. The maximum Gasteiger partial charge on any atom is 0.345 e. The van der Waals surface area contributed by atoms with Crippen molar-refractivity contribution in [2.45, 2.75) is 83.8 Å². The SMILES string of the molecule is CCCCCCCCCCN=C1NS(=O)(=O)N=C1Nc1ccc(CC(C)NC[C@H](O)c2ccc(O)c(NS(C)(=O)=O)c2)cc1. The second-order valence-corrected chi connectivity index (χ2v) is 14.3. The number of aliphatic imine (C=N–C) groups is 1. The van der Waals surface area contributed by atoms with Crippen molar-refractivity contribution in [1.29, 1.82) is 0 Å². The number of aliphatic hydroxyl groups is 1. The number of nitrogens with one attached hydrogen (secondary N) is 4. The Morgan fingerprint density at radius 1 is 1.00 bits per heavy atom. The first-order chi connectivity index (χ1) is 20.8. The molecule has 0 amide bonds. The van der Waals surface area contributed by atoms with Crippen LogP contribution in [-0.4, -0.2) is 64.1 Å². The van der Waals surface area contributed by atoms with Gasteiger partial charge in [0.1, 0.15) is 5.75 Å². The summed E-state index contributed by atoms with van der Waals surface area (Å²) in [5.74, 6) is 0.164. The molecule has 0 radical (unpaired) electrons. The summed E-state index contributed by atoms with van der Waals surface area (Å²) in [4.78, 5) is 4.44. The van der Waals surface area contributed by atoms with Gasteiger partial charge in [-0.1, -0.05) is 70.1 Å². The molecule has 2 atom stereocenters. The Morgan fingerprint density at radius 3 is 2.32 bits per heavy atom. The molecule has 1 heterocycles. The predicted octanol–water partition coefficient (Wildman–Crippen LogP) is 4.22. The highest BCUT2D eigenvalue weighted by molar-refractivity contribution is 7.92. The molecule has 14 heteroatoms. The number of rotatable bonds is 18. The normalized spacial score (nSPS) is 16.7. The van der Waals surface area contributed by atoms with Crippen LogP contribution < -0.4 is 20.1 Å². The third kappa shape index (κ3) is 12.4. The Labute approximate surface area is 261 Å². The molecule has 1 aliphatic heterocycles. The van der Waals surface area contributed by atoms with E-state index in [4.69, 9.17) is 0 Å². The fourth-order valence-electron chi connectivity index (χ4n) is 4.74. The highest BCUT2D eigenvalue weighted by Gasteiger charge is 2.26. The standard InChI is InChI=1S/C30H46N6O6S2/c1-4-5-6-7-8-9-10-11-18-31-29-30(36-44(41,42)35-29)33-25-15-12-23(13-16-25)19-22(2)32-21-28(38)24-14-17-27(37)26(20-24)34-43(3,39)40/h12-17,20,22,28,32,34,37-38H,4-11,18-19,21H2,1-3H3,(H,31,35)(H,33,36)/t22?,28-/m0/s1. The van der Waals surface area contributed by atoms with E-state index in [9.17, 15) is 27.0 Å². The van der Waals surface area contributed by atoms with Gasteiger partial charge in [0.2, 0.25) is 10.0 Å². The van der Waals surface area contributed by atoms with Crippen molar-refractivity contribution in [1.82, 2.24) is 10.0 Å². The largest absolute Gasteiger partial charge is 0.506 e. The summed E-state index contributed by atoms with van der Waals surface area (Å²) < 4.78 is 55.6. The number of phenolic OH excluding ortho intramolecular Hbond substituents is 1. The first-order valence-electron chi connectivity index (χ1n) is 15.1. The lowest BCUT2D eigenvalue weighted by molar-refractivity contribution is 0.170. The lowest BCUT2D eigenvalue weighted by Crippen LogP contribution is -2.32. The summed E-state index contributed by atoms with van der Waals surface area (Å²) >= 11 is 0. The molecular formula is C30H46N6O6S2. The molecule has 44 heavy (non-hydrogen) atoms. The summed E-state index contributed by atoms with van der Waals surface area (Å²) in [5, 5.41) is 26.8. The molecule has 0 saturated carbocycles. The van der Waals surface area contributed by atoms with Crippen LogP contribution in [0.3, 0.4) is 0 Å². The fraction of sp³-hybridized carbons (Fsp3) is 0.533. The molecule has 1 unspecified atom stereocenters. The molecule has 0 aromatic heterocycles. The van der Waals surface area contributed by atoms with Crippen molar-refractivity contribution in [2.24, 2.45) is 9.39 Å². The van der Waals surface area contributed by atoms with Gasteiger partial charge in [-0.05, 0) is 55.2 Å². The van der Waals surface area contributed by atoms with Crippen molar-refractivity contribution in [2.75, 3.05) is 29.4 Å². The number of amidine groups is 2. The zero-order valence-corrected chi connectivity index (χ0v) is 27.3. The molecule has 12 nitrogen and oxygen atoms in total. The molecule has 244 valence electrons. The van der Waals surface area contributed by atoms with E-state index >= 15 is 0 Å². The van der Waals surface area contributed by atoms with Gasteiger partial charge < -0.3 is 20.8 Å². The molecule has 0 saturated heterocycles. The highest BCUT2D eigenvalue weighted by atomic mass is 32.2. The average Bonchev–Trinajstić information content (AvgIpc) is 3.24. The van der Waals surface area contributed by atoms with Crippen LogP contribution in [0, 0.1) is 0 Å². The topological polar surface area (TPSA) is 182 Å². The number of aliphatic hydroxyl groups excluding tert-OH is 1. The van der Waals surface area contributed by atoms with Crippen molar-refractivity contribution in [3.8, 4) is 5.75 Å². The maximum absolute atomic E-state index is 12.1. The minimum Gasteiger partial charge on any atom is -0.506 e. The zero-order chi connectivity index (χ0) is 32.2. The van der Waals surface area contributed by atoms with Gasteiger partial charge in [-0.25, -0.2) is 13.1 Å². The first-order valence-corrected chi connectivity index (χ1v) is 18.4. The lowest BCUT2D eigenvalue weighted by atomic mass is 10.0. The second kappa shape index (κ2) is 16.8. The van der Waals surface area contributed by atoms with Crippen LogP contribution in [0.2, 0.25) is 0 Å². The number of unbranched alkanes of at least 4 members (excludes halogenated alkanes) is 7. The van der Waals surface area contributed by atoms with E-state index in [2.05, 4.69) is 36.4 Å². The van der Waals surface area contributed by atoms with E-state index in [1.807, 2.05) is 31.2 Å². The van der Waals surface area contributed by atoms with Gasteiger partial charge in [0, 0.05) is 24.8 Å². The first kappa shape index (κ1) is 35.3. The third-order valence-corrected chi connectivity index (χ3v) is 8.53. The Balaban J connectivity index is 1.47. The molecule has 0 spiro atoms. The van der Waals surface area contributed by atoms with Gasteiger partial charge >= 0.3 is 10.2 Å². The average molecular weight is 651 g/mol. The molecule has 0 aliphatic carbocycles. The van der Waals surface area contributed by atoms with Crippen molar-refractivity contribution in [3.63, 3.8) is 0 Å². The second-order valence-electron chi connectivity index (χ2n) is 11.2. The number of sulfonamides is 1. The van der Waals surface area contributed by atoms with Gasteiger partial charge in [-0.3, -0.25) is 9.71 Å². The molecule has 6 N–H and O–H groups in total. The van der Waals surface area contributed by atoms with E-state index < -0.39 is 26.3 Å². The van der Waals surface area contributed by atoms with Crippen LogP contribution in [0.25, 0.3) is 0 Å². The smallest absolute Gasteiger partial charge is 0.345 e. The molecular weight excluding hydrogens is 605 g/mol. The number of hydrogen-bond donors (Lipinski definition) is 6. The van der Waals surface area contributed by atoms with Crippen LogP contribution >= 0.6 is 0 Å². The molecule has 2 aromatic rings. The van der Waals surface area contributed by atoms with Crippen molar-refractivity contribution < 1.29 is 27.0 Å². The van der Waals surface area contributed by atoms with Gasteiger partial charge in [-0.15, -0.1) is 4.40 Å². The number of hydrogen-bond acceptors (Lipinski definition) is 9. The molecule has 3 rings (SSSR count). The van der Waals surface area contributed by atoms with E-state index in [0.717, 1.165) is 31.1 Å². The van der Waals surface area contributed by atoms with E-state index in [1.165, 1.54) is 50.3 Å². The Morgan fingerprint density at radius 2 is 1.66 bits per heavy atom. The summed E-state index contributed by atoms with van der Waals surface area (Å²) in [6.07, 6.45) is 10.1. The lowest BCUT2D eigenvalue weighted by Gasteiger charge is -2.19. The van der Waals surface area contributed by atoms with Gasteiger partial charge in [0.15, 0.2) is 11.7 Å². The number of phenols is 1. The van der Waals surface area contributed by atoms with Crippen LogP contribution in [0.1, 0.15) is 82.4 Å². The van der Waals surface area contributed by atoms with Crippen LogP contribution in [0.4, 0.5) is 11.4 Å². The maximum atomic E-state index is 12.1. The Hall–Kier alpha value is -3.20. The molecule has 2 aromatic carbocycles. The summed E-state index contributed by atoms with van der Waals surface area (Å²) in [6.45, 7) is 4.92. The van der Waals surface area contributed by atoms with Gasteiger partial charge in [0.05, 0.1) is 18.0 Å². The van der Waals surface area contributed by atoms with Gasteiger partial charge in [-0.2, -0.15) is 8.42 Å². The summed E-state index contributed by atoms with van der Waals surface area (Å²) in [6, 6.07) is 11.8. The van der Waals surface area contributed by atoms with Gasteiger partial charge in [0.25, 0.3) is 0 Å². The van der Waals surface area contributed by atoms with Crippen LogP contribution in [0.15, 0.2) is 51.9 Å². The number of anilines is 2. The number of nitrogens with zero attached hydrogens (tertiary/aromatic N) is 2. The minimum atomic E-state index is -3.82. The predicted molar refractivity (Wildman–Crippen MR) is 177 cm³/mol. The molecule has 0 fully saturated rings. The van der Waals surface area contributed by atoms with Crippen molar-refractivity contribution >= 4 is 43.3 Å². The fourth-order valence-corrected chi connectivity index (χ4v) is 6.13. The van der Waals surface area contributed by atoms with E-state index in [1.54, 1.807) is 0 Å². The quantitative estimate of drug-likeness (QED) is 0.102. The summed E-state index contributed by atoms with van der Waals surface area (Å²) in [5.41, 5.74) is 2.16. The van der Waals surface area contributed by atoms with E-state index in [0.29, 0.717) is 24.2 Å². The number of aromatic hydroxyl groups is 1. The zero-order valence-electron chi connectivity index (χ0n) is 25.7. The van der Waals surface area contributed by atoms with Crippen LogP contribution in [-0.2, 0) is 26.7 Å². The number of benzene rings is 2. The summed E-state index contributed by atoms with van der Waals surface area (Å²) in [7, 11) is -7.41. The molecule has 1 aliphatic rings. The van der Waals surface area contributed by atoms with Crippen molar-refractivity contribution in [3.05, 3.63) is 53.6 Å². The monoisotopic (exact) mass is 650 g/mol. The Kier molecular flexibility index (Phi) is 13.4. The van der Waals surface area contributed by atoms with Crippen LogP contribution in [0.5, 0.6) is 5.75 Å².